The van der Waals surface area contributed by atoms with Crippen LogP contribution in [0.5, 0.6) is 5.88 Å². The van der Waals surface area contributed by atoms with Crippen LogP contribution in [-0.4, -0.2) is 41.6 Å². The minimum absolute atomic E-state index is 0.107. The molecular formula is C16H19N7O. The van der Waals surface area contributed by atoms with Crippen LogP contribution in [0.2, 0.25) is 0 Å². The number of rotatable bonds is 4. The van der Waals surface area contributed by atoms with E-state index in [0.717, 1.165) is 42.2 Å². The maximum atomic E-state index is 5.96. The van der Waals surface area contributed by atoms with Crippen molar-refractivity contribution in [3.05, 3.63) is 24.5 Å². The fraction of sp³-hybridized carbons (Fsp3) is 0.438. The molecule has 8 nitrogen and oxygen atoms in total. The zero-order valence-corrected chi connectivity index (χ0v) is 13.7. The molecular weight excluding hydrogens is 306 g/mol. The van der Waals surface area contributed by atoms with E-state index in [9.17, 15) is 0 Å². The summed E-state index contributed by atoms with van der Waals surface area (Å²) in [5.74, 6) is 2.00. The van der Waals surface area contributed by atoms with Crippen LogP contribution in [0.3, 0.4) is 0 Å². The van der Waals surface area contributed by atoms with E-state index in [1.54, 1.807) is 12.4 Å². The monoisotopic (exact) mass is 325 g/mol. The molecule has 0 unspecified atom stereocenters. The number of nitrogens with zero attached hydrogens (tertiary/aromatic N) is 6. The number of imidazole rings is 1. The number of nitrogens with two attached hydrogens (primary N) is 1. The quantitative estimate of drug-likeness (QED) is 0.774. The fourth-order valence-corrected chi connectivity index (χ4v) is 2.89. The molecule has 2 N–H and O–H groups in total. The minimum atomic E-state index is 0.107. The molecule has 4 rings (SSSR count). The predicted octanol–water partition coefficient (Wildman–Crippen LogP) is 1.48. The first-order valence-corrected chi connectivity index (χ1v) is 8.08. The molecule has 0 amide bonds. The van der Waals surface area contributed by atoms with Crippen molar-refractivity contribution in [1.29, 1.82) is 0 Å². The molecule has 8 heteroatoms. The minimum Gasteiger partial charge on any atom is -0.473 e. The first-order chi connectivity index (χ1) is 11.7. The molecule has 24 heavy (non-hydrogen) atoms. The van der Waals surface area contributed by atoms with Crippen molar-refractivity contribution in [2.24, 2.45) is 5.73 Å². The molecule has 1 fully saturated rings. The van der Waals surface area contributed by atoms with Crippen molar-refractivity contribution in [2.45, 2.75) is 45.4 Å². The van der Waals surface area contributed by atoms with E-state index in [1.165, 1.54) is 6.33 Å². The average Bonchev–Trinajstić information content (AvgIpc) is 2.93. The summed E-state index contributed by atoms with van der Waals surface area (Å²) in [6.07, 6.45) is 6.86. The number of ether oxygens (including phenoxy) is 1. The van der Waals surface area contributed by atoms with Gasteiger partial charge in [0.1, 0.15) is 24.1 Å². The number of hydrogen-bond acceptors (Lipinski definition) is 7. The lowest BCUT2D eigenvalue weighted by atomic mass is 9.90. The zero-order chi connectivity index (χ0) is 16.7. The molecule has 0 spiro atoms. The van der Waals surface area contributed by atoms with Crippen molar-refractivity contribution in [3.63, 3.8) is 0 Å². The highest BCUT2D eigenvalue weighted by atomic mass is 16.5. The van der Waals surface area contributed by atoms with E-state index in [2.05, 4.69) is 19.9 Å². The normalized spacial score (nSPS) is 20.1. The third-order valence-electron chi connectivity index (χ3n) is 4.26. The summed E-state index contributed by atoms with van der Waals surface area (Å²) in [4.78, 5) is 21.9. The van der Waals surface area contributed by atoms with Gasteiger partial charge in [-0.1, -0.05) is 0 Å². The molecule has 3 heterocycles. The molecule has 1 saturated carbocycles. The third kappa shape index (κ3) is 2.48. The van der Waals surface area contributed by atoms with Gasteiger partial charge in [0.15, 0.2) is 11.2 Å². The van der Waals surface area contributed by atoms with E-state index in [1.807, 2.05) is 18.4 Å². The predicted molar refractivity (Wildman–Crippen MR) is 88.4 cm³/mol. The standard InChI is InChI=1S/C16H19N7O/c1-3-23-14(10-6-18-9(2)19-7-10)22-13-15(23)20-8-21-16(13)24-12-4-11(17)5-12/h6-8,11-12H,3-5,17H2,1-2H3. The Morgan fingerprint density at radius 2 is 1.96 bits per heavy atom. The molecule has 0 atom stereocenters. The largest absolute Gasteiger partial charge is 0.473 e. The van der Waals surface area contributed by atoms with Crippen LogP contribution >= 0.6 is 0 Å². The highest BCUT2D eigenvalue weighted by molar-refractivity contribution is 5.81. The Balaban J connectivity index is 1.79. The van der Waals surface area contributed by atoms with Gasteiger partial charge in [0.25, 0.3) is 0 Å². The Morgan fingerprint density at radius 3 is 2.62 bits per heavy atom. The van der Waals surface area contributed by atoms with Crippen LogP contribution < -0.4 is 10.5 Å². The van der Waals surface area contributed by atoms with Gasteiger partial charge in [-0.2, -0.15) is 4.98 Å². The SMILES string of the molecule is CCn1c(-c2cnc(C)nc2)nc2c(OC3CC(N)C3)ncnc21. The van der Waals surface area contributed by atoms with Gasteiger partial charge >= 0.3 is 0 Å². The lowest BCUT2D eigenvalue weighted by molar-refractivity contribution is 0.0973. The van der Waals surface area contributed by atoms with Crippen LogP contribution in [0, 0.1) is 6.92 Å². The Bertz CT molecular complexity index is 868. The maximum absolute atomic E-state index is 5.96. The van der Waals surface area contributed by atoms with E-state index >= 15 is 0 Å². The number of hydrogen-bond donors (Lipinski definition) is 1. The van der Waals surface area contributed by atoms with Crippen LogP contribution in [0.1, 0.15) is 25.6 Å². The van der Waals surface area contributed by atoms with Crippen LogP contribution in [0.4, 0.5) is 0 Å². The highest BCUT2D eigenvalue weighted by Crippen LogP contribution is 2.30. The van der Waals surface area contributed by atoms with Crippen molar-refractivity contribution >= 4 is 11.2 Å². The maximum Gasteiger partial charge on any atom is 0.245 e. The van der Waals surface area contributed by atoms with Crippen molar-refractivity contribution in [3.8, 4) is 17.3 Å². The summed E-state index contributed by atoms with van der Waals surface area (Å²) in [5.41, 5.74) is 8.09. The average molecular weight is 325 g/mol. The Morgan fingerprint density at radius 1 is 1.21 bits per heavy atom. The summed E-state index contributed by atoms with van der Waals surface area (Å²) in [5, 5.41) is 0. The lowest BCUT2D eigenvalue weighted by Crippen LogP contribution is -2.43. The Hall–Kier alpha value is -2.61. The van der Waals surface area contributed by atoms with Gasteiger partial charge in [0.05, 0.1) is 5.56 Å². The first kappa shape index (κ1) is 14.9. The van der Waals surface area contributed by atoms with Gasteiger partial charge in [0, 0.05) is 25.0 Å². The first-order valence-electron chi connectivity index (χ1n) is 8.08. The summed E-state index contributed by atoms with van der Waals surface area (Å²) in [6, 6.07) is 0.223. The topological polar surface area (TPSA) is 105 Å². The summed E-state index contributed by atoms with van der Waals surface area (Å²) < 4.78 is 7.98. The van der Waals surface area contributed by atoms with Gasteiger partial charge in [-0.05, 0) is 26.7 Å². The van der Waals surface area contributed by atoms with E-state index < -0.39 is 0 Å². The van der Waals surface area contributed by atoms with Gasteiger partial charge < -0.3 is 15.0 Å². The number of fused-ring (bicyclic) bond motifs is 1. The van der Waals surface area contributed by atoms with Gasteiger partial charge in [-0.3, -0.25) is 0 Å². The third-order valence-corrected chi connectivity index (χ3v) is 4.26. The molecule has 0 bridgehead atoms. The molecule has 0 radical (unpaired) electrons. The smallest absolute Gasteiger partial charge is 0.245 e. The van der Waals surface area contributed by atoms with E-state index in [0.29, 0.717) is 11.4 Å². The zero-order valence-electron chi connectivity index (χ0n) is 13.7. The summed E-state index contributed by atoms with van der Waals surface area (Å²) in [6.45, 7) is 4.63. The number of aryl methyl sites for hydroxylation is 2. The summed E-state index contributed by atoms with van der Waals surface area (Å²) in [7, 11) is 0. The molecule has 0 saturated heterocycles. The van der Waals surface area contributed by atoms with E-state index in [-0.39, 0.29) is 12.1 Å². The van der Waals surface area contributed by atoms with Crippen molar-refractivity contribution in [2.75, 3.05) is 0 Å². The Labute approximate surface area is 139 Å². The Kier molecular flexibility index (Phi) is 3.61. The van der Waals surface area contributed by atoms with Gasteiger partial charge in [0.2, 0.25) is 5.88 Å². The summed E-state index contributed by atoms with van der Waals surface area (Å²) >= 11 is 0. The highest BCUT2D eigenvalue weighted by Gasteiger charge is 2.29. The molecule has 1 aliphatic rings. The molecule has 3 aromatic heterocycles. The van der Waals surface area contributed by atoms with Crippen molar-refractivity contribution in [1.82, 2.24) is 29.5 Å². The van der Waals surface area contributed by atoms with Crippen LogP contribution in [-0.2, 0) is 6.54 Å². The lowest BCUT2D eigenvalue weighted by Gasteiger charge is -2.31. The second-order valence-electron chi connectivity index (χ2n) is 6.02. The fourth-order valence-electron chi connectivity index (χ4n) is 2.89. The molecule has 124 valence electrons. The van der Waals surface area contributed by atoms with Gasteiger partial charge in [-0.25, -0.2) is 19.9 Å². The number of aromatic nitrogens is 6. The molecule has 0 aliphatic heterocycles. The molecule has 3 aromatic rings. The van der Waals surface area contributed by atoms with Crippen LogP contribution in [0.25, 0.3) is 22.6 Å². The second kappa shape index (κ2) is 5.79. The molecule has 1 aliphatic carbocycles. The van der Waals surface area contributed by atoms with Gasteiger partial charge in [-0.15, -0.1) is 0 Å². The van der Waals surface area contributed by atoms with Crippen molar-refractivity contribution < 1.29 is 4.74 Å². The second-order valence-corrected chi connectivity index (χ2v) is 6.02. The molecule has 0 aromatic carbocycles. The van der Waals surface area contributed by atoms with E-state index in [4.69, 9.17) is 15.5 Å². The van der Waals surface area contributed by atoms with Crippen LogP contribution in [0.15, 0.2) is 18.7 Å².